The summed E-state index contributed by atoms with van der Waals surface area (Å²) < 4.78 is 0. The molecule has 7 heteroatoms. The van der Waals surface area contributed by atoms with Crippen molar-refractivity contribution in [1.29, 1.82) is 0 Å². The fraction of sp³-hybridized carbons (Fsp3) is 0.706. The molecule has 1 N–H and O–H groups in total. The smallest absolute Gasteiger partial charge is 0.242 e. The second-order valence-corrected chi connectivity index (χ2v) is 8.04. The monoisotopic (exact) mass is 352 g/mol. The first-order valence-electron chi connectivity index (χ1n) is 8.51. The highest BCUT2D eigenvalue weighted by Gasteiger charge is 2.23. The molecule has 0 unspecified atom stereocenters. The Hall–Kier alpha value is -1.47. The number of aromatic nitrogens is 1. The molecule has 1 aliphatic heterocycles. The van der Waals surface area contributed by atoms with Crippen molar-refractivity contribution in [3.8, 4) is 0 Å². The minimum absolute atomic E-state index is 0.000118. The number of amides is 2. The van der Waals surface area contributed by atoms with Crippen molar-refractivity contribution < 1.29 is 9.59 Å². The van der Waals surface area contributed by atoms with Gasteiger partial charge in [0.1, 0.15) is 0 Å². The lowest BCUT2D eigenvalue weighted by molar-refractivity contribution is -0.134. The van der Waals surface area contributed by atoms with Crippen LogP contribution in [0.3, 0.4) is 0 Å². The molecule has 1 fully saturated rings. The number of piperazine rings is 1. The molecule has 1 aliphatic rings. The van der Waals surface area contributed by atoms with Gasteiger partial charge in [0.15, 0.2) is 0 Å². The maximum Gasteiger partial charge on any atom is 0.242 e. The summed E-state index contributed by atoms with van der Waals surface area (Å²) in [6.45, 7) is 12.4. The molecule has 0 atom stereocenters. The Kier molecular flexibility index (Phi) is 6.34. The van der Waals surface area contributed by atoms with Gasteiger partial charge in [-0.1, -0.05) is 27.7 Å². The molecule has 24 heavy (non-hydrogen) atoms. The number of hydrogen-bond acceptors (Lipinski definition) is 5. The fourth-order valence-electron chi connectivity index (χ4n) is 2.52. The molecule has 6 nitrogen and oxygen atoms in total. The van der Waals surface area contributed by atoms with Gasteiger partial charge in [-0.2, -0.15) is 0 Å². The number of nitrogens with one attached hydrogen (secondary N) is 1. The fourth-order valence-corrected chi connectivity index (χ4v) is 3.42. The normalized spacial score (nSPS) is 16.2. The van der Waals surface area contributed by atoms with Crippen molar-refractivity contribution in [2.75, 3.05) is 32.7 Å². The molecule has 1 aromatic rings. The van der Waals surface area contributed by atoms with Crippen LogP contribution in [0, 0.1) is 0 Å². The van der Waals surface area contributed by atoms with E-state index in [1.165, 1.54) is 0 Å². The topological polar surface area (TPSA) is 65.5 Å². The second kappa shape index (κ2) is 8.07. The molecule has 0 bridgehead atoms. The maximum absolute atomic E-state index is 12.1. The first kappa shape index (κ1) is 18.9. The van der Waals surface area contributed by atoms with E-state index >= 15 is 0 Å². The van der Waals surface area contributed by atoms with E-state index < -0.39 is 0 Å². The van der Waals surface area contributed by atoms with Crippen molar-refractivity contribution >= 4 is 23.2 Å². The minimum Gasteiger partial charge on any atom is -0.347 e. The van der Waals surface area contributed by atoms with Crippen molar-refractivity contribution in [2.45, 2.75) is 46.1 Å². The maximum atomic E-state index is 12.1. The van der Waals surface area contributed by atoms with E-state index in [1.807, 2.05) is 4.90 Å². The summed E-state index contributed by atoms with van der Waals surface area (Å²) >= 11 is 1.72. The molecular formula is C17H28N4O2S. The van der Waals surface area contributed by atoms with Gasteiger partial charge in [0, 0.05) is 49.9 Å². The lowest BCUT2D eigenvalue weighted by atomic mass is 9.98. The average molecular weight is 353 g/mol. The Labute approximate surface area is 148 Å². The van der Waals surface area contributed by atoms with Crippen LogP contribution in [0.25, 0.3) is 0 Å². The van der Waals surface area contributed by atoms with Crippen LogP contribution in [0.4, 0.5) is 0 Å². The summed E-state index contributed by atoms with van der Waals surface area (Å²) in [7, 11) is 0. The summed E-state index contributed by atoms with van der Waals surface area (Å²) in [6, 6.07) is 0. The molecule has 2 amide bonds. The molecule has 0 radical (unpaired) electrons. The van der Waals surface area contributed by atoms with Gasteiger partial charge in [-0.25, -0.2) is 4.98 Å². The number of carbonyl (C=O) groups excluding carboxylic acids is 2. The van der Waals surface area contributed by atoms with E-state index in [9.17, 15) is 9.59 Å². The van der Waals surface area contributed by atoms with E-state index in [2.05, 4.69) is 36.4 Å². The average Bonchev–Trinajstić information content (AvgIpc) is 3.01. The van der Waals surface area contributed by atoms with Crippen molar-refractivity contribution in [1.82, 2.24) is 20.1 Å². The molecule has 134 valence electrons. The number of rotatable bonds is 5. The van der Waals surface area contributed by atoms with Gasteiger partial charge in [-0.05, 0) is 0 Å². The van der Waals surface area contributed by atoms with Gasteiger partial charge in [-0.15, -0.1) is 11.3 Å². The van der Waals surface area contributed by atoms with Crippen LogP contribution in [0.1, 0.15) is 44.8 Å². The van der Waals surface area contributed by atoms with Crippen LogP contribution in [0.2, 0.25) is 0 Å². The molecule has 0 aromatic carbocycles. The zero-order chi connectivity index (χ0) is 17.7. The lowest BCUT2D eigenvalue weighted by Gasteiger charge is -2.34. The van der Waals surface area contributed by atoms with Gasteiger partial charge in [0.05, 0.1) is 17.2 Å². The zero-order valence-electron chi connectivity index (χ0n) is 15.1. The lowest BCUT2D eigenvalue weighted by Crippen LogP contribution is -2.50. The second-order valence-electron chi connectivity index (χ2n) is 7.18. The third-order valence-corrected chi connectivity index (χ3v) is 5.38. The van der Waals surface area contributed by atoms with Crippen molar-refractivity contribution in [2.24, 2.45) is 0 Å². The molecule has 1 saturated heterocycles. The Balaban J connectivity index is 1.77. The van der Waals surface area contributed by atoms with Crippen molar-refractivity contribution in [3.05, 3.63) is 16.1 Å². The Morgan fingerprint density at radius 1 is 1.25 bits per heavy atom. The Morgan fingerprint density at radius 3 is 2.46 bits per heavy atom. The van der Waals surface area contributed by atoms with E-state index in [1.54, 1.807) is 18.3 Å². The summed E-state index contributed by atoms with van der Waals surface area (Å²) in [6.07, 6.45) is 0.408. The molecule has 0 spiro atoms. The molecule has 1 aromatic heterocycles. The number of thiazole rings is 1. The van der Waals surface area contributed by atoms with Crippen LogP contribution in [0.15, 0.2) is 5.38 Å². The molecule has 0 saturated carbocycles. The highest BCUT2D eigenvalue weighted by molar-refractivity contribution is 7.09. The first-order chi connectivity index (χ1) is 11.3. The van der Waals surface area contributed by atoms with Gasteiger partial charge in [0.2, 0.25) is 11.8 Å². The predicted octanol–water partition coefficient (Wildman–Crippen LogP) is 1.61. The Morgan fingerprint density at radius 2 is 1.92 bits per heavy atom. The summed E-state index contributed by atoms with van der Waals surface area (Å²) in [5.74, 6) is -0.0831. The van der Waals surface area contributed by atoms with Crippen LogP contribution in [0.5, 0.6) is 0 Å². The van der Waals surface area contributed by atoms with Gasteiger partial charge < -0.3 is 10.2 Å². The van der Waals surface area contributed by atoms with E-state index in [0.717, 1.165) is 30.3 Å². The van der Waals surface area contributed by atoms with Gasteiger partial charge in [-0.3, -0.25) is 14.5 Å². The van der Waals surface area contributed by atoms with Gasteiger partial charge >= 0.3 is 0 Å². The summed E-state index contributed by atoms with van der Waals surface area (Å²) in [4.78, 5) is 32.2. The molecule has 0 aliphatic carbocycles. The number of nitrogens with zero attached hydrogens (tertiary/aromatic N) is 3. The predicted molar refractivity (Wildman–Crippen MR) is 96.0 cm³/mol. The minimum atomic E-state index is -0.0832. The molecule has 2 heterocycles. The Bertz CT molecular complexity index is 571. The SMILES string of the molecule is CCC(=O)NCC(=O)N1CCN(Cc2csc(C(C)(C)C)n2)CC1. The van der Waals surface area contributed by atoms with Crippen LogP contribution < -0.4 is 5.32 Å². The third kappa shape index (κ3) is 5.27. The largest absolute Gasteiger partial charge is 0.347 e. The summed E-state index contributed by atoms with van der Waals surface area (Å²) in [5, 5.41) is 5.95. The summed E-state index contributed by atoms with van der Waals surface area (Å²) in [5.41, 5.74) is 1.21. The molecular weight excluding hydrogens is 324 g/mol. The highest BCUT2D eigenvalue weighted by Crippen LogP contribution is 2.26. The van der Waals surface area contributed by atoms with E-state index in [4.69, 9.17) is 4.98 Å². The van der Waals surface area contributed by atoms with Crippen LogP contribution >= 0.6 is 11.3 Å². The van der Waals surface area contributed by atoms with Crippen LogP contribution in [-0.4, -0.2) is 59.3 Å². The number of carbonyl (C=O) groups is 2. The molecule has 2 rings (SSSR count). The highest BCUT2D eigenvalue weighted by atomic mass is 32.1. The van der Waals surface area contributed by atoms with Crippen molar-refractivity contribution in [3.63, 3.8) is 0 Å². The van der Waals surface area contributed by atoms with Crippen LogP contribution in [-0.2, 0) is 21.5 Å². The number of hydrogen-bond donors (Lipinski definition) is 1. The van der Waals surface area contributed by atoms with E-state index in [-0.39, 0.29) is 23.8 Å². The first-order valence-corrected chi connectivity index (χ1v) is 9.39. The zero-order valence-corrected chi connectivity index (χ0v) is 15.9. The van der Waals surface area contributed by atoms with E-state index in [0.29, 0.717) is 19.5 Å². The quantitative estimate of drug-likeness (QED) is 0.874. The van der Waals surface area contributed by atoms with Gasteiger partial charge in [0.25, 0.3) is 0 Å². The standard InChI is InChI=1S/C17H28N4O2S/c1-5-14(22)18-10-15(23)21-8-6-20(7-9-21)11-13-12-24-16(19-13)17(2,3)4/h12H,5-11H2,1-4H3,(H,18,22). The third-order valence-electron chi connectivity index (χ3n) is 4.06.